The summed E-state index contributed by atoms with van der Waals surface area (Å²) < 4.78 is 0. The first-order valence-corrected chi connectivity index (χ1v) is 21.3. The third-order valence-corrected chi connectivity index (χ3v) is 11.7. The maximum atomic E-state index is 13.0. The van der Waals surface area contributed by atoms with Crippen molar-refractivity contribution in [3.05, 3.63) is 187 Å². The molecule has 68 heavy (non-hydrogen) atoms. The molecule has 0 saturated heterocycles. The van der Waals surface area contributed by atoms with Crippen LogP contribution in [0.1, 0.15) is 43.0 Å². The van der Waals surface area contributed by atoms with Gasteiger partial charge in [0.25, 0.3) is 17.3 Å². The Hall–Kier alpha value is -9.18. The van der Waals surface area contributed by atoms with Crippen molar-refractivity contribution in [3.63, 3.8) is 0 Å². The minimum atomic E-state index is -0.508. The van der Waals surface area contributed by atoms with E-state index in [2.05, 4.69) is 50.2 Å². The number of carbonyl (C=O) groups is 4. The Kier molecular flexibility index (Phi) is 12.8. The van der Waals surface area contributed by atoms with Gasteiger partial charge in [0.15, 0.2) is 0 Å². The van der Waals surface area contributed by atoms with E-state index >= 15 is 0 Å². The van der Waals surface area contributed by atoms with Gasteiger partial charge < -0.3 is 21.7 Å². The highest BCUT2D eigenvalue weighted by Gasteiger charge is 2.19. The number of primary amides is 1. The molecule has 16 nitrogen and oxygen atoms in total. The lowest BCUT2D eigenvalue weighted by atomic mass is 9.96. The van der Waals surface area contributed by atoms with Gasteiger partial charge in [-0.3, -0.25) is 49.4 Å². The second kappa shape index (κ2) is 19.1. The molecular formula is C52H42N8O8. The maximum Gasteiger partial charge on any atom is 0.274 e. The van der Waals surface area contributed by atoms with E-state index in [1.807, 2.05) is 54.7 Å². The lowest BCUT2D eigenvalue weighted by molar-refractivity contribution is -0.385. The van der Waals surface area contributed by atoms with Crippen molar-refractivity contribution in [2.45, 2.75) is 26.3 Å². The standard InChI is InChI=1S/C26H20N4O4.C16H10N2O.C10H12N2O3/c1-27-23(31)10-15-5-6-18(22(9-15)30(33)34)13-29-26(32)20-11-17-8-7-16-3-2-4-19-14-28-21(12-20)25(17)24(16)19;17-16(19)12-6-10-5-4-9-2-1-3-11-8-18-13(7-12)15(10)14(9)11;1-7-3-4-8(6-10(13)11-2)5-9(7)12(14)15/h2-9,11-12,14H,10,13H2,1H3,(H,27,31)(H,29,32);1-8H,(H2,17,19);3-5H,6H2,1-2H3,(H,11,13). The van der Waals surface area contributed by atoms with E-state index in [1.54, 1.807) is 49.5 Å². The van der Waals surface area contributed by atoms with Crippen molar-refractivity contribution in [2.75, 3.05) is 14.1 Å². The molecule has 0 bridgehead atoms. The molecule has 0 radical (unpaired) electrons. The van der Waals surface area contributed by atoms with Crippen LogP contribution in [0.25, 0.3) is 64.9 Å². The Labute approximate surface area is 387 Å². The maximum absolute atomic E-state index is 13.0. The number of aryl methyl sites for hydroxylation is 1. The highest BCUT2D eigenvalue weighted by Crippen LogP contribution is 2.35. The summed E-state index contributed by atoms with van der Waals surface area (Å²) in [6, 6.07) is 36.8. The van der Waals surface area contributed by atoms with Crippen LogP contribution < -0.4 is 21.7 Å². The number of likely N-dealkylation sites (N-methyl/N-ethyl adjacent to an activating group) is 2. The van der Waals surface area contributed by atoms with Crippen LogP contribution in [0.2, 0.25) is 0 Å². The van der Waals surface area contributed by atoms with Crippen LogP contribution in [0.15, 0.2) is 134 Å². The molecule has 0 unspecified atom stereocenters. The fraction of sp³-hybridized carbons (Fsp3) is 0.115. The first kappa shape index (κ1) is 45.4. The molecule has 0 saturated carbocycles. The fourth-order valence-corrected chi connectivity index (χ4v) is 8.29. The second-order valence-electron chi connectivity index (χ2n) is 16.1. The number of nitro benzene ring substituents is 2. The van der Waals surface area contributed by atoms with E-state index in [0.29, 0.717) is 33.4 Å². The van der Waals surface area contributed by atoms with Crippen molar-refractivity contribution in [1.29, 1.82) is 0 Å². The zero-order chi connectivity index (χ0) is 48.2. The minimum absolute atomic E-state index is 0.0199. The Morgan fingerprint density at radius 2 is 1.03 bits per heavy atom. The third-order valence-electron chi connectivity index (χ3n) is 11.7. The van der Waals surface area contributed by atoms with Gasteiger partial charge >= 0.3 is 0 Å². The number of benzene rings is 8. The number of nitro groups is 2. The van der Waals surface area contributed by atoms with Crippen molar-refractivity contribution < 1.29 is 29.0 Å². The van der Waals surface area contributed by atoms with Crippen molar-refractivity contribution in [3.8, 4) is 0 Å². The van der Waals surface area contributed by atoms with E-state index in [-0.39, 0.29) is 48.5 Å². The molecule has 0 aliphatic carbocycles. The lowest BCUT2D eigenvalue weighted by Gasteiger charge is -2.12. The molecule has 10 rings (SSSR count). The average molecular weight is 907 g/mol. The zero-order valence-corrected chi connectivity index (χ0v) is 37.0. The van der Waals surface area contributed by atoms with Gasteiger partial charge in [-0.15, -0.1) is 0 Å². The molecule has 0 fully saturated rings. The van der Waals surface area contributed by atoms with Gasteiger partial charge in [0.05, 0.1) is 33.7 Å². The second-order valence-corrected chi connectivity index (χ2v) is 16.1. The number of hydrogen-bond donors (Lipinski definition) is 4. The van der Waals surface area contributed by atoms with Gasteiger partial charge in [-0.05, 0) is 63.9 Å². The van der Waals surface area contributed by atoms with E-state index in [4.69, 9.17) is 5.73 Å². The molecule has 0 aliphatic heterocycles. The number of nitrogens with two attached hydrogens (primary N) is 1. The van der Waals surface area contributed by atoms with Crippen molar-refractivity contribution >= 4 is 99.9 Å². The van der Waals surface area contributed by atoms with Crippen molar-refractivity contribution in [1.82, 2.24) is 25.9 Å². The molecule has 0 atom stereocenters. The van der Waals surface area contributed by atoms with Gasteiger partial charge in [0, 0.05) is 99.7 Å². The predicted octanol–water partition coefficient (Wildman–Crippen LogP) is 8.38. The molecule has 2 aromatic heterocycles. The normalized spacial score (nSPS) is 11.0. The number of nitrogens with one attached hydrogen (secondary N) is 3. The molecule has 8 aromatic carbocycles. The van der Waals surface area contributed by atoms with Crippen LogP contribution in [0.3, 0.4) is 0 Å². The number of nitrogens with zero attached hydrogens (tertiary/aromatic N) is 4. The minimum Gasteiger partial charge on any atom is -0.366 e. The first-order chi connectivity index (χ1) is 32.7. The van der Waals surface area contributed by atoms with Crippen LogP contribution in [-0.2, 0) is 29.0 Å². The average Bonchev–Trinajstić information content (AvgIpc) is 3.34. The van der Waals surface area contributed by atoms with Gasteiger partial charge in [0.2, 0.25) is 17.7 Å². The summed E-state index contributed by atoms with van der Waals surface area (Å²) in [6.45, 7) is 1.65. The van der Waals surface area contributed by atoms with Crippen LogP contribution in [-0.4, -0.2) is 57.5 Å². The number of carbonyl (C=O) groups excluding carboxylic acids is 4. The van der Waals surface area contributed by atoms with E-state index in [1.165, 1.54) is 37.0 Å². The largest absolute Gasteiger partial charge is 0.366 e. The van der Waals surface area contributed by atoms with Gasteiger partial charge in [-0.2, -0.15) is 0 Å². The molecule has 0 aliphatic rings. The summed E-state index contributed by atoms with van der Waals surface area (Å²) in [5.41, 5.74) is 9.87. The molecule has 16 heteroatoms. The zero-order valence-electron chi connectivity index (χ0n) is 37.0. The van der Waals surface area contributed by atoms with Gasteiger partial charge in [0.1, 0.15) is 0 Å². The first-order valence-electron chi connectivity index (χ1n) is 21.3. The number of hydrogen-bond acceptors (Lipinski definition) is 10. The monoisotopic (exact) mass is 906 g/mol. The lowest BCUT2D eigenvalue weighted by Crippen LogP contribution is -2.23. The SMILES string of the molecule is CNC(=O)Cc1ccc(C)c([N+](=O)[O-])c1.CNC(=O)Cc1ccc(CNC(=O)c2cc3ccc4cccc5cnc(c2)c3c45)c([N+](=O)[O-])c1.NC(=O)c1cc2ccc3cccc4cnc(c1)c2c34. The molecular weight excluding hydrogens is 865 g/mol. The summed E-state index contributed by atoms with van der Waals surface area (Å²) in [6.07, 6.45) is 3.85. The Balaban J connectivity index is 0.000000154. The quantitative estimate of drug-likeness (QED) is 0.0580. The van der Waals surface area contributed by atoms with E-state index in [0.717, 1.165) is 54.1 Å². The van der Waals surface area contributed by atoms with Crippen molar-refractivity contribution in [2.24, 2.45) is 5.73 Å². The number of rotatable bonds is 10. The molecule has 2 heterocycles. The topological polar surface area (TPSA) is 242 Å². The summed E-state index contributed by atoms with van der Waals surface area (Å²) in [5, 5.41) is 40.7. The Morgan fingerprint density at radius 1 is 0.559 bits per heavy atom. The highest BCUT2D eigenvalue weighted by atomic mass is 16.6. The molecule has 338 valence electrons. The summed E-state index contributed by atoms with van der Waals surface area (Å²) in [7, 11) is 3.04. The van der Waals surface area contributed by atoms with Gasteiger partial charge in [-0.1, -0.05) is 84.9 Å². The van der Waals surface area contributed by atoms with Crippen LogP contribution in [0.5, 0.6) is 0 Å². The number of amides is 4. The van der Waals surface area contributed by atoms with Crippen LogP contribution >= 0.6 is 0 Å². The van der Waals surface area contributed by atoms with E-state index in [9.17, 15) is 39.4 Å². The Morgan fingerprint density at radius 3 is 1.54 bits per heavy atom. The molecule has 10 aromatic rings. The summed E-state index contributed by atoms with van der Waals surface area (Å²) in [4.78, 5) is 77.2. The summed E-state index contributed by atoms with van der Waals surface area (Å²) in [5.74, 6) is -1.17. The van der Waals surface area contributed by atoms with Gasteiger partial charge in [-0.25, -0.2) is 0 Å². The highest BCUT2D eigenvalue weighted by molar-refractivity contribution is 6.24. The van der Waals surface area contributed by atoms with E-state index < -0.39 is 15.8 Å². The van der Waals surface area contributed by atoms with Crippen LogP contribution in [0.4, 0.5) is 11.4 Å². The smallest absolute Gasteiger partial charge is 0.274 e. The molecule has 4 amide bonds. The molecule has 5 N–H and O–H groups in total. The predicted molar refractivity (Wildman–Crippen MR) is 262 cm³/mol. The molecule has 0 spiro atoms. The number of pyridine rings is 2. The third kappa shape index (κ3) is 9.32. The Bertz CT molecular complexity index is 3500. The number of aromatic nitrogens is 2. The fourth-order valence-electron chi connectivity index (χ4n) is 8.29. The summed E-state index contributed by atoms with van der Waals surface area (Å²) >= 11 is 0. The van der Waals surface area contributed by atoms with Crippen LogP contribution in [0, 0.1) is 27.2 Å².